The molecule has 17 heavy (non-hydrogen) atoms. The van der Waals surface area contributed by atoms with Crippen LogP contribution < -0.4 is 11.1 Å². The molecule has 0 saturated heterocycles. The minimum absolute atomic E-state index is 0.0326. The van der Waals surface area contributed by atoms with Gasteiger partial charge in [0, 0.05) is 6.54 Å². The van der Waals surface area contributed by atoms with Gasteiger partial charge in [-0.25, -0.2) is 0 Å². The fourth-order valence-electron chi connectivity index (χ4n) is 1.37. The van der Waals surface area contributed by atoms with Gasteiger partial charge in [-0.15, -0.1) is 0 Å². The maximum absolute atomic E-state index is 11.6. The summed E-state index contributed by atoms with van der Waals surface area (Å²) in [4.78, 5) is 11.6. The van der Waals surface area contributed by atoms with Crippen molar-refractivity contribution in [3.8, 4) is 0 Å². The predicted octanol–water partition coefficient (Wildman–Crippen LogP) is 0.778. The third kappa shape index (κ3) is 4.17. The topological polar surface area (TPSA) is 75.4 Å². The normalized spacial score (nSPS) is 12.5. The summed E-state index contributed by atoms with van der Waals surface area (Å²) in [5.74, 6) is -0.00185. The average molecular weight is 236 g/mol. The maximum Gasteiger partial charge on any atom is 0.237 e. The van der Waals surface area contributed by atoms with Gasteiger partial charge in [-0.05, 0) is 17.0 Å². The fourth-order valence-corrected chi connectivity index (χ4v) is 1.37. The largest absolute Gasteiger partial charge is 0.392 e. The molecule has 4 nitrogen and oxygen atoms in total. The monoisotopic (exact) mass is 236 g/mol. The molecule has 1 amide bonds. The third-order valence-electron chi connectivity index (χ3n) is 2.69. The van der Waals surface area contributed by atoms with Crippen LogP contribution in [0.15, 0.2) is 24.3 Å². The van der Waals surface area contributed by atoms with E-state index in [0.29, 0.717) is 6.54 Å². The van der Waals surface area contributed by atoms with E-state index >= 15 is 0 Å². The summed E-state index contributed by atoms with van der Waals surface area (Å²) in [6.07, 6.45) is 0. The molecule has 0 unspecified atom stereocenters. The number of hydrogen-bond acceptors (Lipinski definition) is 3. The first kappa shape index (κ1) is 13.7. The number of nitrogens with two attached hydrogens (primary N) is 1. The molecule has 0 aliphatic carbocycles. The van der Waals surface area contributed by atoms with E-state index in [1.807, 2.05) is 38.1 Å². The second kappa shape index (κ2) is 6.37. The number of carbonyl (C=O) groups excluding carboxylic acids is 1. The number of aliphatic hydroxyl groups is 1. The summed E-state index contributed by atoms with van der Waals surface area (Å²) in [6, 6.07) is 6.97. The standard InChI is InChI=1S/C13H20N2O2/c1-9(2)12(14)13(17)15-7-10-3-5-11(8-16)6-4-10/h3-6,9,12,16H,7-8,14H2,1-2H3,(H,15,17)/t12-/m1/s1. The summed E-state index contributed by atoms with van der Waals surface area (Å²) in [5, 5.41) is 11.7. The van der Waals surface area contributed by atoms with Crippen LogP contribution in [0, 0.1) is 5.92 Å². The van der Waals surface area contributed by atoms with Crippen LogP contribution in [-0.2, 0) is 17.9 Å². The highest BCUT2D eigenvalue weighted by atomic mass is 16.3. The Morgan fingerprint density at radius 1 is 1.29 bits per heavy atom. The molecule has 0 saturated carbocycles. The van der Waals surface area contributed by atoms with E-state index in [4.69, 9.17) is 10.8 Å². The van der Waals surface area contributed by atoms with Gasteiger partial charge in [-0.1, -0.05) is 38.1 Å². The smallest absolute Gasteiger partial charge is 0.237 e. The molecule has 0 aliphatic heterocycles. The third-order valence-corrected chi connectivity index (χ3v) is 2.69. The molecule has 1 atom stereocenters. The highest BCUT2D eigenvalue weighted by Gasteiger charge is 2.16. The zero-order valence-corrected chi connectivity index (χ0v) is 10.3. The zero-order chi connectivity index (χ0) is 12.8. The predicted molar refractivity (Wildman–Crippen MR) is 67.0 cm³/mol. The van der Waals surface area contributed by atoms with Gasteiger partial charge in [0.2, 0.25) is 5.91 Å². The Kier molecular flexibility index (Phi) is 5.12. The molecular weight excluding hydrogens is 216 g/mol. The number of benzene rings is 1. The molecular formula is C13H20N2O2. The van der Waals surface area contributed by atoms with E-state index in [0.717, 1.165) is 11.1 Å². The van der Waals surface area contributed by atoms with E-state index in [9.17, 15) is 4.79 Å². The first-order valence-electron chi connectivity index (χ1n) is 5.76. The van der Waals surface area contributed by atoms with Crippen molar-refractivity contribution in [1.29, 1.82) is 0 Å². The molecule has 4 heteroatoms. The summed E-state index contributed by atoms with van der Waals surface area (Å²) < 4.78 is 0. The number of aliphatic hydroxyl groups excluding tert-OH is 1. The van der Waals surface area contributed by atoms with E-state index in [-0.39, 0.29) is 18.4 Å². The summed E-state index contributed by atoms with van der Waals surface area (Å²) >= 11 is 0. The molecule has 0 spiro atoms. The van der Waals surface area contributed by atoms with Crippen LogP contribution in [0.1, 0.15) is 25.0 Å². The molecule has 0 aliphatic rings. The first-order chi connectivity index (χ1) is 8.04. The highest BCUT2D eigenvalue weighted by molar-refractivity contribution is 5.81. The second-order valence-electron chi connectivity index (χ2n) is 4.46. The lowest BCUT2D eigenvalue weighted by Crippen LogP contribution is -2.43. The van der Waals surface area contributed by atoms with E-state index < -0.39 is 6.04 Å². The molecule has 0 bridgehead atoms. The lowest BCUT2D eigenvalue weighted by Gasteiger charge is -2.15. The van der Waals surface area contributed by atoms with Gasteiger partial charge in [0.1, 0.15) is 0 Å². The lowest BCUT2D eigenvalue weighted by atomic mass is 10.0. The Morgan fingerprint density at radius 3 is 2.29 bits per heavy atom. The summed E-state index contributed by atoms with van der Waals surface area (Å²) in [5.41, 5.74) is 7.58. The van der Waals surface area contributed by atoms with Crippen molar-refractivity contribution in [2.45, 2.75) is 33.0 Å². The Labute approximate surface area is 102 Å². The van der Waals surface area contributed by atoms with E-state index in [1.165, 1.54) is 0 Å². The molecule has 0 aromatic heterocycles. The maximum atomic E-state index is 11.6. The highest BCUT2D eigenvalue weighted by Crippen LogP contribution is 2.04. The van der Waals surface area contributed by atoms with Gasteiger partial charge in [0.05, 0.1) is 12.6 Å². The van der Waals surface area contributed by atoms with Crippen molar-refractivity contribution in [2.24, 2.45) is 11.7 Å². The Bertz CT molecular complexity index is 360. The molecule has 1 aromatic carbocycles. The van der Waals surface area contributed by atoms with Crippen molar-refractivity contribution in [3.05, 3.63) is 35.4 Å². The fraction of sp³-hybridized carbons (Fsp3) is 0.462. The van der Waals surface area contributed by atoms with Crippen LogP contribution in [0.2, 0.25) is 0 Å². The zero-order valence-electron chi connectivity index (χ0n) is 10.3. The van der Waals surface area contributed by atoms with Crippen molar-refractivity contribution >= 4 is 5.91 Å². The van der Waals surface area contributed by atoms with Crippen molar-refractivity contribution in [3.63, 3.8) is 0 Å². The number of rotatable bonds is 5. The molecule has 0 radical (unpaired) electrons. The molecule has 0 fully saturated rings. The van der Waals surface area contributed by atoms with Gasteiger partial charge < -0.3 is 16.2 Å². The average Bonchev–Trinajstić information content (AvgIpc) is 2.35. The van der Waals surface area contributed by atoms with Crippen LogP contribution in [0.25, 0.3) is 0 Å². The van der Waals surface area contributed by atoms with Gasteiger partial charge in [-0.2, -0.15) is 0 Å². The van der Waals surface area contributed by atoms with Gasteiger partial charge >= 0.3 is 0 Å². The molecule has 1 aromatic rings. The van der Waals surface area contributed by atoms with Crippen molar-refractivity contribution < 1.29 is 9.90 Å². The lowest BCUT2D eigenvalue weighted by molar-refractivity contribution is -0.123. The Balaban J connectivity index is 2.47. The molecule has 1 rings (SSSR count). The van der Waals surface area contributed by atoms with Crippen LogP contribution in [-0.4, -0.2) is 17.1 Å². The first-order valence-corrected chi connectivity index (χ1v) is 5.76. The molecule has 4 N–H and O–H groups in total. The number of carbonyl (C=O) groups is 1. The number of nitrogens with one attached hydrogen (secondary N) is 1. The van der Waals surface area contributed by atoms with Crippen molar-refractivity contribution in [1.82, 2.24) is 5.32 Å². The number of amides is 1. The minimum atomic E-state index is -0.466. The Hall–Kier alpha value is -1.39. The van der Waals surface area contributed by atoms with Crippen molar-refractivity contribution in [2.75, 3.05) is 0 Å². The van der Waals surface area contributed by atoms with Crippen LogP contribution in [0.5, 0.6) is 0 Å². The quantitative estimate of drug-likeness (QED) is 0.707. The van der Waals surface area contributed by atoms with E-state index in [2.05, 4.69) is 5.32 Å². The van der Waals surface area contributed by atoms with E-state index in [1.54, 1.807) is 0 Å². The van der Waals surface area contributed by atoms with Gasteiger partial charge in [-0.3, -0.25) is 4.79 Å². The van der Waals surface area contributed by atoms with Crippen LogP contribution in [0.4, 0.5) is 0 Å². The van der Waals surface area contributed by atoms with Gasteiger partial charge in [0.25, 0.3) is 0 Å². The SMILES string of the molecule is CC(C)[C@@H](N)C(=O)NCc1ccc(CO)cc1. The second-order valence-corrected chi connectivity index (χ2v) is 4.46. The van der Waals surface area contributed by atoms with Crippen LogP contribution in [0.3, 0.4) is 0 Å². The summed E-state index contributed by atoms with van der Waals surface area (Å²) in [6.45, 7) is 4.33. The minimum Gasteiger partial charge on any atom is -0.392 e. The van der Waals surface area contributed by atoms with Crippen LogP contribution >= 0.6 is 0 Å². The van der Waals surface area contributed by atoms with Gasteiger partial charge in [0.15, 0.2) is 0 Å². The Morgan fingerprint density at radius 2 is 1.82 bits per heavy atom. The number of hydrogen-bond donors (Lipinski definition) is 3. The molecule has 0 heterocycles. The molecule has 94 valence electrons. The summed E-state index contributed by atoms with van der Waals surface area (Å²) in [7, 11) is 0.